The van der Waals surface area contributed by atoms with E-state index in [-0.39, 0.29) is 23.3 Å². The van der Waals surface area contributed by atoms with Gasteiger partial charge in [0, 0.05) is 17.0 Å². The number of aromatic hydroxyl groups is 1. The van der Waals surface area contributed by atoms with Gasteiger partial charge in [0.2, 0.25) is 11.8 Å². The van der Waals surface area contributed by atoms with Crippen molar-refractivity contribution >= 4 is 55.9 Å². The predicted octanol–water partition coefficient (Wildman–Crippen LogP) is 4.47. The van der Waals surface area contributed by atoms with Crippen molar-refractivity contribution in [1.29, 1.82) is 0 Å². The van der Waals surface area contributed by atoms with Crippen molar-refractivity contribution in [2.24, 2.45) is 0 Å². The fourth-order valence-corrected chi connectivity index (χ4v) is 4.05. The number of phenols is 1. The third-order valence-corrected chi connectivity index (χ3v) is 5.51. The molecule has 0 atom stereocenters. The maximum absolute atomic E-state index is 12.2. The van der Waals surface area contributed by atoms with Crippen molar-refractivity contribution in [3.8, 4) is 5.75 Å². The summed E-state index contributed by atoms with van der Waals surface area (Å²) in [5.41, 5.74) is 1.46. The van der Waals surface area contributed by atoms with Gasteiger partial charge in [-0.25, -0.2) is 4.98 Å². The number of fused-ring (bicyclic) bond motifs is 1. The van der Waals surface area contributed by atoms with Crippen LogP contribution in [0.15, 0.2) is 47.4 Å². The highest BCUT2D eigenvalue weighted by molar-refractivity contribution is 8.00. The summed E-state index contributed by atoms with van der Waals surface area (Å²) in [6, 6.07) is 12.2. The number of carbonyl (C=O) groups excluding carboxylic acids is 2. The molecule has 0 saturated carbocycles. The lowest BCUT2D eigenvalue weighted by atomic mass is 10.3. The van der Waals surface area contributed by atoms with Crippen LogP contribution in [-0.4, -0.2) is 27.7 Å². The molecule has 0 bridgehead atoms. The second kappa shape index (κ2) is 8.88. The minimum absolute atomic E-state index is 0.0472. The number of anilines is 2. The lowest BCUT2D eigenvalue weighted by molar-refractivity contribution is -0.116. The SMILES string of the molecule is CCCC(=O)Nc1nc2ccc(NC(=O)CSc3cccc(O)c3)cc2s1. The van der Waals surface area contributed by atoms with E-state index < -0.39 is 0 Å². The van der Waals surface area contributed by atoms with Gasteiger partial charge in [0.15, 0.2) is 5.13 Å². The summed E-state index contributed by atoms with van der Waals surface area (Å²) < 4.78 is 0.889. The third-order valence-electron chi connectivity index (χ3n) is 3.58. The molecule has 0 spiro atoms. The van der Waals surface area contributed by atoms with E-state index in [0.717, 1.165) is 21.5 Å². The highest BCUT2D eigenvalue weighted by atomic mass is 32.2. The molecule has 3 N–H and O–H groups in total. The van der Waals surface area contributed by atoms with Crippen molar-refractivity contribution in [3.63, 3.8) is 0 Å². The lowest BCUT2D eigenvalue weighted by Crippen LogP contribution is -2.13. The molecule has 27 heavy (non-hydrogen) atoms. The molecular weight excluding hydrogens is 382 g/mol. The predicted molar refractivity (Wildman–Crippen MR) is 111 cm³/mol. The van der Waals surface area contributed by atoms with E-state index in [2.05, 4.69) is 15.6 Å². The number of nitrogens with one attached hydrogen (secondary N) is 2. The Morgan fingerprint density at radius 2 is 2.00 bits per heavy atom. The molecule has 3 aromatic rings. The summed E-state index contributed by atoms with van der Waals surface area (Å²) in [4.78, 5) is 29.1. The minimum atomic E-state index is -0.135. The standard InChI is InChI=1S/C19H19N3O3S2/c1-2-4-17(24)22-19-21-15-8-7-12(9-16(15)27-19)20-18(25)11-26-14-6-3-5-13(23)10-14/h3,5-10,23H,2,4,11H2,1H3,(H,20,25)(H,21,22,24). The number of thioether (sulfide) groups is 1. The van der Waals surface area contributed by atoms with Crippen LogP contribution in [0.2, 0.25) is 0 Å². The van der Waals surface area contributed by atoms with Gasteiger partial charge in [-0.3, -0.25) is 9.59 Å². The van der Waals surface area contributed by atoms with Gasteiger partial charge in [-0.05, 0) is 42.8 Å². The van der Waals surface area contributed by atoms with Crippen molar-refractivity contribution in [2.45, 2.75) is 24.7 Å². The molecule has 0 aliphatic heterocycles. The van der Waals surface area contributed by atoms with Crippen LogP contribution in [-0.2, 0) is 9.59 Å². The summed E-state index contributed by atoms with van der Waals surface area (Å²) >= 11 is 2.73. The number of hydrogen-bond donors (Lipinski definition) is 3. The van der Waals surface area contributed by atoms with Gasteiger partial charge in [-0.1, -0.05) is 24.3 Å². The van der Waals surface area contributed by atoms with Gasteiger partial charge >= 0.3 is 0 Å². The van der Waals surface area contributed by atoms with E-state index in [1.165, 1.54) is 23.1 Å². The van der Waals surface area contributed by atoms with Crippen molar-refractivity contribution < 1.29 is 14.7 Å². The van der Waals surface area contributed by atoms with Gasteiger partial charge in [0.25, 0.3) is 0 Å². The molecule has 140 valence electrons. The Labute approximate surface area is 165 Å². The smallest absolute Gasteiger partial charge is 0.234 e. The van der Waals surface area contributed by atoms with Crippen LogP contribution in [0.5, 0.6) is 5.75 Å². The van der Waals surface area contributed by atoms with Crippen LogP contribution < -0.4 is 10.6 Å². The maximum atomic E-state index is 12.2. The first-order chi connectivity index (χ1) is 13.0. The largest absolute Gasteiger partial charge is 0.508 e. The van der Waals surface area contributed by atoms with Crippen molar-refractivity contribution in [1.82, 2.24) is 4.98 Å². The molecule has 1 aromatic heterocycles. The highest BCUT2D eigenvalue weighted by Gasteiger charge is 2.09. The monoisotopic (exact) mass is 401 g/mol. The number of hydrogen-bond acceptors (Lipinski definition) is 6. The number of amides is 2. The maximum Gasteiger partial charge on any atom is 0.234 e. The molecule has 0 radical (unpaired) electrons. The molecule has 0 aliphatic rings. The second-order valence-corrected chi connectivity index (χ2v) is 7.91. The normalized spacial score (nSPS) is 10.7. The molecule has 0 unspecified atom stereocenters. The van der Waals surface area contributed by atoms with Gasteiger partial charge in [0.05, 0.1) is 16.0 Å². The summed E-state index contributed by atoms with van der Waals surface area (Å²) in [7, 11) is 0. The van der Waals surface area contributed by atoms with Gasteiger partial charge in [-0.15, -0.1) is 11.8 Å². The summed E-state index contributed by atoms with van der Waals surface area (Å²) in [6.45, 7) is 1.95. The molecule has 2 aromatic carbocycles. The van der Waals surface area contributed by atoms with E-state index in [9.17, 15) is 14.7 Å². The highest BCUT2D eigenvalue weighted by Crippen LogP contribution is 2.29. The van der Waals surface area contributed by atoms with E-state index in [0.29, 0.717) is 17.2 Å². The zero-order valence-electron chi connectivity index (χ0n) is 14.7. The van der Waals surface area contributed by atoms with E-state index >= 15 is 0 Å². The Morgan fingerprint density at radius 1 is 1.15 bits per heavy atom. The Balaban J connectivity index is 1.61. The fraction of sp³-hybridized carbons (Fsp3) is 0.211. The van der Waals surface area contributed by atoms with E-state index in [1.54, 1.807) is 24.3 Å². The number of benzene rings is 2. The molecule has 2 amide bonds. The Hall–Kier alpha value is -2.58. The number of nitrogens with zero attached hydrogens (tertiary/aromatic N) is 1. The van der Waals surface area contributed by atoms with Crippen molar-refractivity contribution in [3.05, 3.63) is 42.5 Å². The first-order valence-electron chi connectivity index (χ1n) is 8.45. The average molecular weight is 402 g/mol. The summed E-state index contributed by atoms with van der Waals surface area (Å²) in [6.07, 6.45) is 1.25. The second-order valence-electron chi connectivity index (χ2n) is 5.83. The lowest BCUT2D eigenvalue weighted by Gasteiger charge is -2.05. The van der Waals surface area contributed by atoms with Crippen LogP contribution in [0.3, 0.4) is 0 Å². The number of thiazole rings is 1. The third kappa shape index (κ3) is 5.45. The molecule has 1 heterocycles. The van der Waals surface area contributed by atoms with Gasteiger partial charge in [-0.2, -0.15) is 0 Å². The topological polar surface area (TPSA) is 91.3 Å². The molecule has 8 heteroatoms. The zero-order valence-corrected chi connectivity index (χ0v) is 16.3. The Morgan fingerprint density at radius 3 is 2.78 bits per heavy atom. The molecule has 3 rings (SSSR count). The number of rotatable bonds is 7. The minimum Gasteiger partial charge on any atom is -0.508 e. The first kappa shape index (κ1) is 19.2. The molecule has 0 fully saturated rings. The number of aromatic nitrogens is 1. The summed E-state index contributed by atoms with van der Waals surface area (Å²) in [5, 5.41) is 15.7. The van der Waals surface area contributed by atoms with Crippen LogP contribution in [0.25, 0.3) is 10.2 Å². The zero-order chi connectivity index (χ0) is 19.2. The molecule has 0 saturated heterocycles. The fourth-order valence-electron chi connectivity index (χ4n) is 2.38. The molecular formula is C19H19N3O3S2. The van der Waals surface area contributed by atoms with Crippen molar-refractivity contribution in [2.75, 3.05) is 16.4 Å². The first-order valence-corrected chi connectivity index (χ1v) is 10.3. The number of phenolic OH excluding ortho intramolecular Hbond substituents is 1. The van der Waals surface area contributed by atoms with Crippen LogP contribution in [0.4, 0.5) is 10.8 Å². The Bertz CT molecular complexity index is 972. The van der Waals surface area contributed by atoms with Crippen LogP contribution >= 0.6 is 23.1 Å². The van der Waals surface area contributed by atoms with Gasteiger partial charge in [0.1, 0.15) is 5.75 Å². The molecule has 0 aliphatic carbocycles. The van der Waals surface area contributed by atoms with E-state index in [1.807, 2.05) is 25.1 Å². The van der Waals surface area contributed by atoms with Crippen LogP contribution in [0, 0.1) is 0 Å². The van der Waals surface area contributed by atoms with Gasteiger partial charge < -0.3 is 15.7 Å². The van der Waals surface area contributed by atoms with Crippen LogP contribution in [0.1, 0.15) is 19.8 Å². The summed E-state index contributed by atoms with van der Waals surface area (Å²) in [5.74, 6) is 0.235. The number of carbonyl (C=O) groups is 2. The Kier molecular flexibility index (Phi) is 6.31. The molecule has 6 nitrogen and oxygen atoms in total. The average Bonchev–Trinajstić information content (AvgIpc) is 3.01. The van der Waals surface area contributed by atoms with E-state index in [4.69, 9.17) is 0 Å². The quantitative estimate of drug-likeness (QED) is 0.508.